The lowest BCUT2D eigenvalue weighted by Crippen LogP contribution is -2.08. The molecular formula is C18H19BO. The van der Waals surface area contributed by atoms with Gasteiger partial charge in [-0.05, 0) is 37.5 Å². The third kappa shape index (κ3) is 2.74. The number of hydrogen-bond donors (Lipinski definition) is 0. The Kier molecular flexibility index (Phi) is 4.24. The van der Waals surface area contributed by atoms with Gasteiger partial charge in [-0.25, -0.2) is 0 Å². The monoisotopic (exact) mass is 262 g/mol. The molecule has 0 amide bonds. The molecule has 0 atom stereocenters. The highest BCUT2D eigenvalue weighted by atomic mass is 16.1. The molecule has 0 radical (unpaired) electrons. The highest BCUT2D eigenvalue weighted by Crippen LogP contribution is 2.26. The van der Waals surface area contributed by atoms with Gasteiger partial charge in [0.25, 0.3) is 0 Å². The summed E-state index contributed by atoms with van der Waals surface area (Å²) in [6.45, 7) is 5.74. The van der Waals surface area contributed by atoms with Crippen LogP contribution >= 0.6 is 0 Å². The summed E-state index contributed by atoms with van der Waals surface area (Å²) in [5, 5.41) is 0. The summed E-state index contributed by atoms with van der Waals surface area (Å²) in [7, 11) is 2.11. The van der Waals surface area contributed by atoms with E-state index in [2.05, 4.69) is 39.0 Å². The topological polar surface area (TPSA) is 17.1 Å². The van der Waals surface area contributed by atoms with Crippen LogP contribution in [-0.4, -0.2) is 13.6 Å². The number of benzene rings is 2. The van der Waals surface area contributed by atoms with Crippen molar-refractivity contribution in [1.29, 1.82) is 0 Å². The largest absolute Gasteiger partial charge is 0.294 e. The van der Waals surface area contributed by atoms with E-state index in [0.717, 1.165) is 22.3 Å². The van der Waals surface area contributed by atoms with Crippen molar-refractivity contribution in [3.63, 3.8) is 0 Å². The van der Waals surface area contributed by atoms with E-state index in [1.165, 1.54) is 11.0 Å². The molecule has 100 valence electrons. The Balaban J connectivity index is 2.59. The molecule has 0 aliphatic rings. The van der Waals surface area contributed by atoms with Crippen molar-refractivity contribution < 1.29 is 4.79 Å². The summed E-state index contributed by atoms with van der Waals surface area (Å²) < 4.78 is 0. The molecule has 0 saturated heterocycles. The second-order valence-corrected chi connectivity index (χ2v) is 5.10. The lowest BCUT2D eigenvalue weighted by Gasteiger charge is -2.13. The lowest BCUT2D eigenvalue weighted by molar-refractivity contribution is 0.101. The zero-order valence-corrected chi connectivity index (χ0v) is 12.5. The molecule has 2 aromatic carbocycles. The van der Waals surface area contributed by atoms with Crippen molar-refractivity contribution in [1.82, 2.24) is 0 Å². The molecule has 0 saturated carbocycles. The summed E-state index contributed by atoms with van der Waals surface area (Å²) in [5.74, 6) is 0.101. The molecule has 0 spiro atoms. The smallest absolute Gasteiger partial charge is 0.160 e. The average molecular weight is 262 g/mol. The Labute approximate surface area is 121 Å². The van der Waals surface area contributed by atoms with Crippen molar-refractivity contribution >= 4 is 24.7 Å². The van der Waals surface area contributed by atoms with Crippen molar-refractivity contribution in [2.45, 2.75) is 20.8 Å². The second-order valence-electron chi connectivity index (χ2n) is 5.10. The fraction of sp³-hybridized carbons (Fsp3) is 0.167. The summed E-state index contributed by atoms with van der Waals surface area (Å²) >= 11 is 0. The SMILES string of the molecule is Bc1cc(/C(=C/C)c2ccccc2C(C)=O)ccc1C. The molecule has 2 heteroatoms. The lowest BCUT2D eigenvalue weighted by atomic mass is 9.85. The quantitative estimate of drug-likeness (QED) is 0.614. The predicted octanol–water partition coefficient (Wildman–Crippen LogP) is 2.91. The maximum absolute atomic E-state index is 11.8. The van der Waals surface area contributed by atoms with Gasteiger partial charge in [-0.2, -0.15) is 0 Å². The minimum atomic E-state index is 0.101. The standard InChI is InChI=1S/C18H19BO/c1-4-15(14-10-9-12(2)18(19)11-14)17-8-6-5-7-16(17)13(3)20/h4-11H,19H2,1-3H3/b15-4-. The van der Waals surface area contributed by atoms with E-state index < -0.39 is 0 Å². The predicted molar refractivity (Wildman–Crippen MR) is 88.6 cm³/mol. The summed E-state index contributed by atoms with van der Waals surface area (Å²) in [5.41, 5.74) is 6.60. The van der Waals surface area contributed by atoms with Gasteiger partial charge in [0, 0.05) is 5.56 Å². The molecule has 2 aromatic rings. The Bertz CT molecular complexity index is 684. The number of ketones is 1. The number of hydrogen-bond acceptors (Lipinski definition) is 1. The van der Waals surface area contributed by atoms with Gasteiger partial charge in [0.1, 0.15) is 7.85 Å². The molecule has 0 unspecified atom stereocenters. The van der Waals surface area contributed by atoms with E-state index >= 15 is 0 Å². The van der Waals surface area contributed by atoms with E-state index in [9.17, 15) is 4.79 Å². The van der Waals surface area contributed by atoms with Gasteiger partial charge in [-0.15, -0.1) is 0 Å². The first kappa shape index (κ1) is 14.3. The molecule has 2 rings (SSSR count). The highest BCUT2D eigenvalue weighted by molar-refractivity contribution is 6.33. The third-order valence-electron chi connectivity index (χ3n) is 3.70. The number of carbonyl (C=O) groups excluding carboxylic acids is 1. The molecular weight excluding hydrogens is 243 g/mol. The fourth-order valence-corrected chi connectivity index (χ4v) is 2.41. The first-order chi connectivity index (χ1) is 9.54. The van der Waals surface area contributed by atoms with E-state index in [1.807, 2.05) is 31.2 Å². The van der Waals surface area contributed by atoms with Gasteiger partial charge < -0.3 is 0 Å². The molecule has 0 aliphatic heterocycles. The minimum absolute atomic E-state index is 0.101. The van der Waals surface area contributed by atoms with Gasteiger partial charge >= 0.3 is 0 Å². The van der Waals surface area contributed by atoms with E-state index in [1.54, 1.807) is 6.92 Å². The average Bonchev–Trinajstić information content (AvgIpc) is 2.44. The van der Waals surface area contributed by atoms with Crippen molar-refractivity contribution in [3.05, 3.63) is 70.8 Å². The molecule has 0 bridgehead atoms. The van der Waals surface area contributed by atoms with Crippen LogP contribution in [0.15, 0.2) is 48.5 Å². The number of rotatable bonds is 3. The molecule has 20 heavy (non-hydrogen) atoms. The van der Waals surface area contributed by atoms with Crippen LogP contribution in [0.5, 0.6) is 0 Å². The van der Waals surface area contributed by atoms with Crippen LogP contribution in [0.25, 0.3) is 5.57 Å². The Morgan fingerprint density at radius 1 is 1.10 bits per heavy atom. The molecule has 0 aliphatic carbocycles. The highest BCUT2D eigenvalue weighted by Gasteiger charge is 2.12. The van der Waals surface area contributed by atoms with Crippen LogP contribution in [0.1, 0.15) is 40.9 Å². The van der Waals surface area contributed by atoms with Gasteiger partial charge in [0.2, 0.25) is 0 Å². The number of Topliss-reactive ketones (excluding diaryl/α,β-unsaturated/α-hetero) is 1. The van der Waals surface area contributed by atoms with Gasteiger partial charge in [-0.3, -0.25) is 4.79 Å². The normalized spacial score (nSPS) is 11.4. The maximum atomic E-state index is 11.8. The first-order valence-corrected chi connectivity index (χ1v) is 6.89. The summed E-state index contributed by atoms with van der Waals surface area (Å²) in [4.78, 5) is 11.8. The number of allylic oxidation sites excluding steroid dienone is 1. The maximum Gasteiger partial charge on any atom is 0.160 e. The molecule has 0 N–H and O–H groups in total. The van der Waals surface area contributed by atoms with Crippen molar-refractivity contribution in [2.24, 2.45) is 0 Å². The third-order valence-corrected chi connectivity index (χ3v) is 3.70. The van der Waals surface area contributed by atoms with Crippen molar-refractivity contribution in [2.75, 3.05) is 0 Å². The fourth-order valence-electron chi connectivity index (χ4n) is 2.41. The van der Waals surface area contributed by atoms with E-state index in [4.69, 9.17) is 0 Å². The van der Waals surface area contributed by atoms with Crippen LogP contribution in [0, 0.1) is 6.92 Å². The minimum Gasteiger partial charge on any atom is -0.294 e. The van der Waals surface area contributed by atoms with E-state index in [0.29, 0.717) is 0 Å². The Hall–Kier alpha value is -2.09. The molecule has 0 fully saturated rings. The molecule has 0 heterocycles. The Morgan fingerprint density at radius 3 is 2.30 bits per heavy atom. The van der Waals surface area contributed by atoms with Crippen LogP contribution in [0.4, 0.5) is 0 Å². The second kappa shape index (κ2) is 5.91. The van der Waals surface area contributed by atoms with Gasteiger partial charge in [-0.1, -0.05) is 59.6 Å². The molecule has 0 aromatic heterocycles. The zero-order valence-electron chi connectivity index (χ0n) is 12.5. The molecule has 1 nitrogen and oxygen atoms in total. The summed E-state index contributed by atoms with van der Waals surface area (Å²) in [6.07, 6.45) is 2.08. The van der Waals surface area contributed by atoms with Crippen LogP contribution in [0.3, 0.4) is 0 Å². The number of carbonyl (C=O) groups is 1. The first-order valence-electron chi connectivity index (χ1n) is 6.89. The van der Waals surface area contributed by atoms with Gasteiger partial charge in [0.15, 0.2) is 5.78 Å². The van der Waals surface area contributed by atoms with Crippen molar-refractivity contribution in [3.8, 4) is 0 Å². The Morgan fingerprint density at radius 2 is 1.75 bits per heavy atom. The summed E-state index contributed by atoms with van der Waals surface area (Å²) in [6, 6.07) is 14.2. The number of aryl methyl sites for hydroxylation is 1. The van der Waals surface area contributed by atoms with Crippen LogP contribution < -0.4 is 5.46 Å². The van der Waals surface area contributed by atoms with E-state index in [-0.39, 0.29) is 5.78 Å². The zero-order chi connectivity index (χ0) is 14.7. The van der Waals surface area contributed by atoms with Gasteiger partial charge in [0.05, 0.1) is 0 Å². The van der Waals surface area contributed by atoms with Crippen LogP contribution in [-0.2, 0) is 0 Å². The van der Waals surface area contributed by atoms with Crippen LogP contribution in [0.2, 0.25) is 0 Å².